The summed E-state index contributed by atoms with van der Waals surface area (Å²) in [5, 5.41) is 0. The lowest BCUT2D eigenvalue weighted by Crippen LogP contribution is -2.36. The zero-order valence-electron chi connectivity index (χ0n) is 16.0. The molecule has 1 saturated heterocycles. The highest BCUT2D eigenvalue weighted by atomic mass is 16.5. The molecule has 1 aromatic carbocycles. The van der Waals surface area contributed by atoms with Crippen molar-refractivity contribution in [2.24, 2.45) is 5.92 Å². The highest BCUT2D eigenvalue weighted by molar-refractivity contribution is 5.81. The second-order valence-electron chi connectivity index (χ2n) is 6.66. The smallest absolute Gasteiger partial charge is 0.323 e. The molecule has 2 aromatic rings. The molecule has 1 aromatic heterocycles. The van der Waals surface area contributed by atoms with Gasteiger partial charge in [-0.1, -0.05) is 30.3 Å². The minimum atomic E-state index is -0.470. The summed E-state index contributed by atoms with van der Waals surface area (Å²) in [7, 11) is 1.87. The molecule has 1 aliphatic rings. The first kappa shape index (κ1) is 19.2. The van der Waals surface area contributed by atoms with Gasteiger partial charge in [-0.3, -0.25) is 14.5 Å². The fraction of sp³-hybridized carbons (Fsp3) is 0.429. The molecule has 144 valence electrons. The van der Waals surface area contributed by atoms with Crippen LogP contribution in [-0.4, -0.2) is 48.1 Å². The fourth-order valence-corrected chi connectivity index (χ4v) is 3.91. The lowest BCUT2D eigenvalue weighted by atomic mass is 9.90. The first-order valence-electron chi connectivity index (χ1n) is 9.35. The molecular formula is C21H26N2O4. The number of carbonyl (C=O) groups is 2. The maximum Gasteiger partial charge on any atom is 0.323 e. The van der Waals surface area contributed by atoms with Crippen molar-refractivity contribution in [1.29, 1.82) is 0 Å². The van der Waals surface area contributed by atoms with Crippen LogP contribution in [-0.2, 0) is 19.1 Å². The van der Waals surface area contributed by atoms with E-state index >= 15 is 0 Å². The predicted octanol–water partition coefficient (Wildman–Crippen LogP) is 3.17. The molecule has 0 unspecified atom stereocenters. The molecule has 0 bridgehead atoms. The van der Waals surface area contributed by atoms with Crippen molar-refractivity contribution in [1.82, 2.24) is 9.88 Å². The second-order valence-corrected chi connectivity index (χ2v) is 6.66. The Kier molecular flexibility index (Phi) is 5.96. The lowest BCUT2D eigenvalue weighted by Gasteiger charge is -2.27. The van der Waals surface area contributed by atoms with Gasteiger partial charge in [-0.15, -0.1) is 0 Å². The van der Waals surface area contributed by atoms with Crippen LogP contribution in [0.1, 0.15) is 31.9 Å². The Morgan fingerprint density at radius 1 is 1.07 bits per heavy atom. The zero-order chi connectivity index (χ0) is 19.4. The minimum absolute atomic E-state index is 0.264. The number of ether oxygens (including phenoxy) is 2. The molecule has 0 saturated carbocycles. The third kappa shape index (κ3) is 3.76. The fourth-order valence-electron chi connectivity index (χ4n) is 3.91. The van der Waals surface area contributed by atoms with Gasteiger partial charge in [0.1, 0.15) is 6.04 Å². The quantitative estimate of drug-likeness (QED) is 0.791. The first-order chi connectivity index (χ1) is 13.1. The number of likely N-dealkylation sites (tertiary alicyclic amines) is 1. The molecule has 0 aliphatic carbocycles. The van der Waals surface area contributed by atoms with Crippen LogP contribution in [0, 0.1) is 5.92 Å². The van der Waals surface area contributed by atoms with E-state index in [4.69, 9.17) is 9.47 Å². The maximum absolute atomic E-state index is 12.7. The lowest BCUT2D eigenvalue weighted by molar-refractivity contribution is -0.149. The summed E-state index contributed by atoms with van der Waals surface area (Å²) >= 11 is 0. The van der Waals surface area contributed by atoms with Gasteiger partial charge in [-0.05, 0) is 38.4 Å². The van der Waals surface area contributed by atoms with Crippen LogP contribution in [0.2, 0.25) is 0 Å². The third-order valence-corrected chi connectivity index (χ3v) is 5.12. The number of carbonyl (C=O) groups excluding carboxylic acids is 2. The van der Waals surface area contributed by atoms with Gasteiger partial charge in [0, 0.05) is 18.0 Å². The Morgan fingerprint density at radius 2 is 1.74 bits per heavy atom. The average Bonchev–Trinajstić information content (AvgIpc) is 3.27. The van der Waals surface area contributed by atoms with E-state index < -0.39 is 12.0 Å². The van der Waals surface area contributed by atoms with Gasteiger partial charge in [0.25, 0.3) is 0 Å². The number of esters is 2. The summed E-state index contributed by atoms with van der Waals surface area (Å²) in [4.78, 5) is 30.2. The van der Waals surface area contributed by atoms with Crippen LogP contribution >= 0.6 is 0 Å². The minimum Gasteiger partial charge on any atom is -0.466 e. The van der Waals surface area contributed by atoms with Crippen molar-refractivity contribution in [3.05, 3.63) is 48.3 Å². The molecule has 6 heteroatoms. The number of benzene rings is 1. The van der Waals surface area contributed by atoms with E-state index in [0.717, 1.165) is 16.7 Å². The standard InChI is InChI=1S/C21H26N2O4/c1-4-26-20(24)15-11-18(21(25)27-5-2)23(3)19(15)17-13-22-12-16(17)14-9-7-6-8-10-14/h6-10,12-13,15,18-19,22H,4-5,11H2,1-3H3/t15-,18+,19-/m0/s1. The third-order valence-electron chi connectivity index (χ3n) is 5.12. The number of rotatable bonds is 6. The molecule has 0 spiro atoms. The van der Waals surface area contributed by atoms with Crippen LogP contribution in [0.5, 0.6) is 0 Å². The summed E-state index contributed by atoms with van der Waals surface area (Å²) in [5.74, 6) is -1.00. The van der Waals surface area contributed by atoms with Crippen molar-refractivity contribution in [2.45, 2.75) is 32.4 Å². The van der Waals surface area contributed by atoms with Crippen molar-refractivity contribution >= 4 is 11.9 Å². The monoisotopic (exact) mass is 370 g/mol. The van der Waals surface area contributed by atoms with Crippen molar-refractivity contribution in [3.8, 4) is 11.1 Å². The van der Waals surface area contributed by atoms with Gasteiger partial charge in [0.15, 0.2) is 0 Å². The number of H-pyrrole nitrogens is 1. The van der Waals surface area contributed by atoms with E-state index in [9.17, 15) is 9.59 Å². The van der Waals surface area contributed by atoms with Gasteiger partial charge in [-0.2, -0.15) is 0 Å². The molecule has 1 aliphatic heterocycles. The Bertz CT molecular complexity index is 786. The molecule has 27 heavy (non-hydrogen) atoms. The molecule has 1 N–H and O–H groups in total. The SMILES string of the molecule is CCOC(=O)[C@H]1C[C@H](C(=O)OCC)N(C)[C@@H]1c1c[nH]cc1-c1ccccc1. The first-order valence-corrected chi connectivity index (χ1v) is 9.35. The molecule has 2 heterocycles. The molecule has 1 fully saturated rings. The average molecular weight is 370 g/mol. The molecule has 3 atom stereocenters. The predicted molar refractivity (Wildman–Crippen MR) is 102 cm³/mol. The Hall–Kier alpha value is -2.60. The topological polar surface area (TPSA) is 71.6 Å². The largest absolute Gasteiger partial charge is 0.466 e. The maximum atomic E-state index is 12.7. The Balaban J connectivity index is 1.99. The number of aromatic amines is 1. The summed E-state index contributed by atoms with van der Waals surface area (Å²) in [5.41, 5.74) is 3.06. The van der Waals surface area contributed by atoms with Crippen LogP contribution < -0.4 is 0 Å². The van der Waals surface area contributed by atoms with E-state index in [1.807, 2.05) is 54.7 Å². The highest BCUT2D eigenvalue weighted by Crippen LogP contribution is 2.44. The number of likely N-dealkylation sites (N-methyl/N-ethyl adjacent to an activating group) is 1. The van der Waals surface area contributed by atoms with Crippen molar-refractivity contribution < 1.29 is 19.1 Å². The number of hydrogen-bond acceptors (Lipinski definition) is 5. The van der Waals surface area contributed by atoms with E-state index in [1.54, 1.807) is 13.8 Å². The van der Waals surface area contributed by atoms with E-state index in [-0.39, 0.29) is 18.0 Å². The normalized spacial score (nSPS) is 22.6. The molecular weight excluding hydrogens is 344 g/mol. The number of nitrogens with one attached hydrogen (secondary N) is 1. The van der Waals surface area contributed by atoms with Gasteiger partial charge in [-0.25, -0.2) is 0 Å². The highest BCUT2D eigenvalue weighted by Gasteiger charge is 2.48. The Labute approximate surface area is 159 Å². The van der Waals surface area contributed by atoms with Crippen LogP contribution in [0.4, 0.5) is 0 Å². The van der Waals surface area contributed by atoms with Crippen LogP contribution in [0.25, 0.3) is 11.1 Å². The van der Waals surface area contributed by atoms with Crippen molar-refractivity contribution in [2.75, 3.05) is 20.3 Å². The molecule has 3 rings (SSSR count). The number of aromatic nitrogens is 1. The van der Waals surface area contributed by atoms with Gasteiger partial charge in [0.2, 0.25) is 0 Å². The summed E-state index contributed by atoms with van der Waals surface area (Å²) < 4.78 is 10.5. The van der Waals surface area contributed by atoms with Crippen LogP contribution in [0.15, 0.2) is 42.7 Å². The van der Waals surface area contributed by atoms with E-state index in [0.29, 0.717) is 19.6 Å². The van der Waals surface area contributed by atoms with Gasteiger partial charge >= 0.3 is 11.9 Å². The zero-order valence-corrected chi connectivity index (χ0v) is 16.0. The van der Waals surface area contributed by atoms with E-state index in [1.165, 1.54) is 0 Å². The Morgan fingerprint density at radius 3 is 2.41 bits per heavy atom. The summed E-state index contributed by atoms with van der Waals surface area (Å²) in [6, 6.07) is 9.26. The second kappa shape index (κ2) is 8.39. The van der Waals surface area contributed by atoms with Gasteiger partial charge in [0.05, 0.1) is 25.2 Å². The molecule has 0 radical (unpaired) electrons. The summed E-state index contributed by atoms with van der Waals surface area (Å²) in [6.45, 7) is 4.21. The number of hydrogen-bond donors (Lipinski definition) is 1. The summed E-state index contributed by atoms with van der Waals surface area (Å²) in [6.07, 6.45) is 4.22. The van der Waals surface area contributed by atoms with Gasteiger partial charge < -0.3 is 14.5 Å². The van der Waals surface area contributed by atoms with Crippen molar-refractivity contribution in [3.63, 3.8) is 0 Å². The van der Waals surface area contributed by atoms with E-state index in [2.05, 4.69) is 4.98 Å². The number of nitrogens with zero attached hydrogens (tertiary/aromatic N) is 1. The van der Waals surface area contributed by atoms with Crippen LogP contribution in [0.3, 0.4) is 0 Å². The molecule has 6 nitrogen and oxygen atoms in total. The molecule has 0 amide bonds.